The van der Waals surface area contributed by atoms with Crippen molar-refractivity contribution in [2.45, 2.75) is 38.8 Å². The van der Waals surface area contributed by atoms with E-state index < -0.39 is 18.0 Å². The first-order chi connectivity index (χ1) is 10.1. The lowest BCUT2D eigenvalue weighted by atomic mass is 10.1. The first-order valence-electron chi connectivity index (χ1n) is 7.11. The second-order valence-corrected chi connectivity index (χ2v) is 4.82. The average Bonchev–Trinajstić information content (AvgIpc) is 2.45. The van der Waals surface area contributed by atoms with Crippen molar-refractivity contribution in [1.29, 1.82) is 0 Å². The fourth-order valence-electron chi connectivity index (χ4n) is 1.97. The van der Waals surface area contributed by atoms with E-state index in [4.69, 9.17) is 5.11 Å². The van der Waals surface area contributed by atoms with Crippen LogP contribution in [0.1, 0.15) is 31.7 Å². The maximum Gasteiger partial charge on any atom is 0.326 e. The zero-order valence-corrected chi connectivity index (χ0v) is 12.5. The second-order valence-electron chi connectivity index (χ2n) is 4.82. The van der Waals surface area contributed by atoms with Gasteiger partial charge in [0.2, 0.25) is 0 Å². The number of carboxylic acids is 1. The molecule has 0 aliphatic rings. The number of nitrogens with one attached hydrogen (secondary N) is 3. The molecule has 6 heteroatoms. The summed E-state index contributed by atoms with van der Waals surface area (Å²) in [6.45, 7) is 2.60. The Morgan fingerprint density at radius 3 is 2.62 bits per heavy atom. The molecule has 0 aromatic heterocycles. The number of amides is 2. The molecule has 0 aliphatic carbocycles. The highest BCUT2D eigenvalue weighted by Crippen LogP contribution is 2.14. The van der Waals surface area contributed by atoms with Crippen LogP contribution in [0.4, 0.5) is 10.5 Å². The molecule has 0 spiro atoms. The van der Waals surface area contributed by atoms with Crippen molar-refractivity contribution < 1.29 is 14.7 Å². The van der Waals surface area contributed by atoms with Gasteiger partial charge in [0.05, 0.1) is 0 Å². The Morgan fingerprint density at radius 1 is 1.29 bits per heavy atom. The minimum absolute atomic E-state index is 0.428. The van der Waals surface area contributed by atoms with E-state index in [2.05, 4.69) is 16.0 Å². The highest BCUT2D eigenvalue weighted by Gasteiger charge is 2.19. The number of carbonyl (C=O) groups is 2. The molecule has 0 bridgehead atoms. The van der Waals surface area contributed by atoms with Gasteiger partial charge in [-0.2, -0.15) is 0 Å². The Morgan fingerprint density at radius 2 is 2.00 bits per heavy atom. The molecule has 0 heterocycles. The van der Waals surface area contributed by atoms with Crippen LogP contribution in [0.5, 0.6) is 0 Å². The quantitative estimate of drug-likeness (QED) is 0.591. The number of carboxylic acid groups (broad SMARTS) is 1. The largest absolute Gasteiger partial charge is 0.480 e. The summed E-state index contributed by atoms with van der Waals surface area (Å²) in [6.07, 6.45) is 2.07. The topological polar surface area (TPSA) is 90.5 Å². The SMILES string of the molecule is CCCCC(NC(=O)Nc1ccccc1CNC)C(=O)O. The standard InChI is InChI=1S/C15H23N3O3/c1-3-4-8-13(14(19)20)18-15(21)17-12-9-6-5-7-11(12)10-16-2/h5-7,9,13,16H,3-4,8,10H2,1-2H3,(H,19,20)(H2,17,18,21). The number of anilines is 1. The monoisotopic (exact) mass is 293 g/mol. The number of hydrogen-bond donors (Lipinski definition) is 4. The summed E-state index contributed by atoms with van der Waals surface area (Å²) in [5.41, 5.74) is 1.61. The van der Waals surface area contributed by atoms with Crippen LogP contribution in [0, 0.1) is 0 Å². The van der Waals surface area contributed by atoms with E-state index in [0.29, 0.717) is 18.7 Å². The molecule has 1 rings (SSSR count). The van der Waals surface area contributed by atoms with E-state index in [1.807, 2.05) is 32.2 Å². The van der Waals surface area contributed by atoms with Crippen molar-refractivity contribution in [1.82, 2.24) is 10.6 Å². The van der Waals surface area contributed by atoms with Gasteiger partial charge in [0.1, 0.15) is 6.04 Å². The molecule has 6 nitrogen and oxygen atoms in total. The van der Waals surface area contributed by atoms with E-state index in [1.165, 1.54) is 0 Å². The zero-order valence-electron chi connectivity index (χ0n) is 12.5. The third-order valence-electron chi connectivity index (χ3n) is 3.08. The number of hydrogen-bond acceptors (Lipinski definition) is 3. The Hall–Kier alpha value is -2.08. The molecule has 1 unspecified atom stereocenters. The molecule has 21 heavy (non-hydrogen) atoms. The van der Waals surface area contributed by atoms with Crippen molar-refractivity contribution in [2.75, 3.05) is 12.4 Å². The fourth-order valence-corrected chi connectivity index (χ4v) is 1.97. The van der Waals surface area contributed by atoms with Crippen LogP contribution < -0.4 is 16.0 Å². The molecule has 0 saturated carbocycles. The van der Waals surface area contributed by atoms with Gasteiger partial charge in [-0.05, 0) is 25.1 Å². The number of urea groups is 1. The van der Waals surface area contributed by atoms with Crippen LogP contribution >= 0.6 is 0 Å². The summed E-state index contributed by atoms with van der Waals surface area (Å²) in [4.78, 5) is 23.1. The number of rotatable bonds is 8. The molecule has 4 N–H and O–H groups in total. The number of carbonyl (C=O) groups excluding carboxylic acids is 1. The number of aliphatic carboxylic acids is 1. The Balaban J connectivity index is 2.65. The maximum atomic E-state index is 11.9. The molecule has 0 radical (unpaired) electrons. The summed E-state index contributed by atoms with van der Waals surface area (Å²) in [6, 6.07) is 6.03. The Labute approximate surface area is 124 Å². The van der Waals surface area contributed by atoms with Crippen molar-refractivity contribution in [3.63, 3.8) is 0 Å². The van der Waals surface area contributed by atoms with Gasteiger partial charge in [0.25, 0.3) is 0 Å². The fraction of sp³-hybridized carbons (Fsp3) is 0.467. The smallest absolute Gasteiger partial charge is 0.326 e. The van der Waals surface area contributed by atoms with Crippen molar-refractivity contribution in [3.05, 3.63) is 29.8 Å². The lowest BCUT2D eigenvalue weighted by Gasteiger charge is -2.16. The zero-order chi connectivity index (χ0) is 15.7. The van der Waals surface area contributed by atoms with Gasteiger partial charge in [-0.15, -0.1) is 0 Å². The van der Waals surface area contributed by atoms with Gasteiger partial charge in [0, 0.05) is 12.2 Å². The third kappa shape index (κ3) is 5.83. The van der Waals surface area contributed by atoms with E-state index in [-0.39, 0.29) is 0 Å². The molecular weight excluding hydrogens is 270 g/mol. The van der Waals surface area contributed by atoms with E-state index in [1.54, 1.807) is 6.07 Å². The normalized spacial score (nSPS) is 11.7. The van der Waals surface area contributed by atoms with Crippen molar-refractivity contribution >= 4 is 17.7 Å². The molecule has 0 aliphatic heterocycles. The van der Waals surface area contributed by atoms with Crippen LogP contribution in [0.2, 0.25) is 0 Å². The van der Waals surface area contributed by atoms with Gasteiger partial charge >= 0.3 is 12.0 Å². The van der Waals surface area contributed by atoms with Crippen LogP contribution in [0.3, 0.4) is 0 Å². The van der Waals surface area contributed by atoms with Crippen LogP contribution in [0.25, 0.3) is 0 Å². The van der Waals surface area contributed by atoms with Crippen LogP contribution in [0.15, 0.2) is 24.3 Å². The molecule has 1 atom stereocenters. The van der Waals surface area contributed by atoms with Gasteiger partial charge in [-0.1, -0.05) is 38.0 Å². The lowest BCUT2D eigenvalue weighted by Crippen LogP contribution is -2.43. The Kier molecular flexibility index (Phi) is 7.25. The minimum Gasteiger partial charge on any atom is -0.480 e. The number of unbranched alkanes of at least 4 members (excludes halogenated alkanes) is 1. The first kappa shape index (κ1) is 17.0. The predicted molar refractivity (Wildman–Crippen MR) is 82.3 cm³/mol. The molecule has 2 amide bonds. The number of para-hydroxylation sites is 1. The highest BCUT2D eigenvalue weighted by molar-refractivity contribution is 5.92. The van der Waals surface area contributed by atoms with Crippen LogP contribution in [-0.2, 0) is 11.3 Å². The second kappa shape index (κ2) is 8.97. The summed E-state index contributed by atoms with van der Waals surface area (Å²) >= 11 is 0. The summed E-state index contributed by atoms with van der Waals surface area (Å²) in [7, 11) is 1.82. The number of benzene rings is 1. The van der Waals surface area contributed by atoms with Gasteiger partial charge in [0.15, 0.2) is 0 Å². The summed E-state index contributed by atoms with van der Waals surface area (Å²) < 4.78 is 0. The average molecular weight is 293 g/mol. The van der Waals surface area contributed by atoms with Crippen molar-refractivity contribution in [2.24, 2.45) is 0 Å². The lowest BCUT2D eigenvalue weighted by molar-refractivity contribution is -0.139. The molecule has 0 fully saturated rings. The summed E-state index contributed by atoms with van der Waals surface area (Å²) in [5, 5.41) is 17.3. The first-order valence-corrected chi connectivity index (χ1v) is 7.11. The van der Waals surface area contributed by atoms with Crippen molar-refractivity contribution in [3.8, 4) is 0 Å². The summed E-state index contributed by atoms with van der Waals surface area (Å²) in [5.74, 6) is -1.01. The Bertz CT molecular complexity index is 477. The predicted octanol–water partition coefficient (Wildman–Crippen LogP) is 2.17. The van der Waals surface area contributed by atoms with E-state index >= 15 is 0 Å². The van der Waals surface area contributed by atoms with Gasteiger partial charge in [-0.3, -0.25) is 0 Å². The molecule has 0 saturated heterocycles. The highest BCUT2D eigenvalue weighted by atomic mass is 16.4. The molecular formula is C15H23N3O3. The molecule has 1 aromatic carbocycles. The molecule has 1 aromatic rings. The minimum atomic E-state index is -1.01. The third-order valence-corrected chi connectivity index (χ3v) is 3.08. The van der Waals surface area contributed by atoms with Gasteiger partial charge < -0.3 is 21.1 Å². The maximum absolute atomic E-state index is 11.9. The van der Waals surface area contributed by atoms with Gasteiger partial charge in [-0.25, -0.2) is 9.59 Å². The molecule has 116 valence electrons. The van der Waals surface area contributed by atoms with Crippen LogP contribution in [-0.4, -0.2) is 30.2 Å². The van der Waals surface area contributed by atoms with E-state index in [0.717, 1.165) is 18.4 Å². The van der Waals surface area contributed by atoms with E-state index in [9.17, 15) is 9.59 Å².